The Hall–Kier alpha value is -3.69. The molecule has 1 unspecified atom stereocenters. The summed E-state index contributed by atoms with van der Waals surface area (Å²) in [5.41, 5.74) is 1.11. The number of halogens is 1. The summed E-state index contributed by atoms with van der Waals surface area (Å²) in [7, 11) is 0. The third-order valence-corrected chi connectivity index (χ3v) is 6.89. The number of anilines is 1. The standard InChI is InChI=1S/C26H23ClN2O6S/c1-4-34-18-8-6-7-16(13-18)21(30)19-20(15-9-11-17(27)12-10-15)29(24(32)22(19)31)26-28-14(3)23(36-26)25(33)35-5-2/h6-13,20,30H,4-5H2,1-3H3. The topological polar surface area (TPSA) is 106 Å². The number of rotatable bonds is 7. The van der Waals surface area contributed by atoms with Crippen LogP contribution < -0.4 is 9.64 Å². The fourth-order valence-electron chi connectivity index (χ4n) is 3.92. The SMILES string of the molecule is CCOC(=O)c1sc(N2C(=O)C(=O)C(=C(O)c3cccc(OCC)c3)C2c2ccc(Cl)cc2)nc1C. The van der Waals surface area contributed by atoms with Crippen molar-refractivity contribution in [2.24, 2.45) is 0 Å². The first-order valence-corrected chi connectivity index (χ1v) is 12.4. The molecular formula is C26H23ClN2O6S. The van der Waals surface area contributed by atoms with Gasteiger partial charge in [0.25, 0.3) is 5.78 Å². The molecule has 0 bridgehead atoms. The first-order chi connectivity index (χ1) is 17.3. The van der Waals surface area contributed by atoms with Gasteiger partial charge in [0.05, 0.1) is 30.5 Å². The number of aromatic nitrogens is 1. The average molecular weight is 527 g/mol. The van der Waals surface area contributed by atoms with Gasteiger partial charge in [0.2, 0.25) is 0 Å². The van der Waals surface area contributed by atoms with Crippen molar-refractivity contribution in [3.8, 4) is 5.75 Å². The lowest BCUT2D eigenvalue weighted by atomic mass is 9.95. The molecule has 0 saturated carbocycles. The normalized spacial score (nSPS) is 16.9. The van der Waals surface area contributed by atoms with Crippen LogP contribution in [0.3, 0.4) is 0 Å². The third kappa shape index (κ3) is 4.72. The van der Waals surface area contributed by atoms with Crippen LogP contribution in [-0.4, -0.2) is 41.0 Å². The van der Waals surface area contributed by atoms with E-state index in [0.717, 1.165) is 11.3 Å². The molecule has 2 heterocycles. The van der Waals surface area contributed by atoms with Crippen LogP contribution in [0.5, 0.6) is 5.75 Å². The molecule has 1 saturated heterocycles. The second kappa shape index (κ2) is 10.5. The van der Waals surface area contributed by atoms with Gasteiger partial charge in [-0.25, -0.2) is 9.78 Å². The predicted molar refractivity (Wildman–Crippen MR) is 137 cm³/mol. The van der Waals surface area contributed by atoms with Crippen molar-refractivity contribution in [1.82, 2.24) is 4.98 Å². The van der Waals surface area contributed by atoms with Gasteiger partial charge in [-0.2, -0.15) is 0 Å². The van der Waals surface area contributed by atoms with Crippen molar-refractivity contribution in [3.05, 3.63) is 80.8 Å². The van der Waals surface area contributed by atoms with E-state index in [2.05, 4.69) is 4.98 Å². The minimum Gasteiger partial charge on any atom is -0.507 e. The summed E-state index contributed by atoms with van der Waals surface area (Å²) in [6.07, 6.45) is 0. The molecule has 0 aliphatic carbocycles. The van der Waals surface area contributed by atoms with Crippen LogP contribution in [0, 0.1) is 6.92 Å². The van der Waals surface area contributed by atoms with Gasteiger partial charge in [-0.05, 0) is 50.6 Å². The summed E-state index contributed by atoms with van der Waals surface area (Å²) >= 11 is 7.02. The number of ketones is 1. The molecule has 3 aromatic rings. The summed E-state index contributed by atoms with van der Waals surface area (Å²) in [4.78, 5) is 44.8. The van der Waals surface area contributed by atoms with Gasteiger partial charge in [0.1, 0.15) is 16.4 Å². The molecule has 1 amide bonds. The molecule has 0 radical (unpaired) electrons. The highest BCUT2D eigenvalue weighted by Crippen LogP contribution is 2.44. The second-order valence-corrected chi connectivity index (χ2v) is 9.23. The Balaban J connectivity index is 1.89. The molecule has 10 heteroatoms. The number of Topliss-reactive ketones (excluding diaryl/α,β-unsaturated/α-hetero) is 1. The molecule has 8 nitrogen and oxygen atoms in total. The Morgan fingerprint density at radius 2 is 1.86 bits per heavy atom. The maximum absolute atomic E-state index is 13.3. The van der Waals surface area contributed by atoms with Gasteiger partial charge >= 0.3 is 11.9 Å². The Morgan fingerprint density at radius 1 is 1.14 bits per heavy atom. The number of aliphatic hydroxyl groups is 1. The van der Waals surface area contributed by atoms with Crippen molar-refractivity contribution >= 4 is 51.5 Å². The quantitative estimate of drug-likeness (QED) is 0.192. The molecule has 1 aliphatic heterocycles. The predicted octanol–water partition coefficient (Wildman–Crippen LogP) is 5.31. The fraction of sp³-hybridized carbons (Fsp3) is 0.231. The van der Waals surface area contributed by atoms with Crippen LogP contribution in [0.25, 0.3) is 5.76 Å². The number of carbonyl (C=O) groups excluding carboxylic acids is 3. The van der Waals surface area contributed by atoms with Gasteiger partial charge in [-0.15, -0.1) is 0 Å². The minimum atomic E-state index is -1.00. The smallest absolute Gasteiger partial charge is 0.350 e. The van der Waals surface area contributed by atoms with Crippen molar-refractivity contribution in [2.75, 3.05) is 18.1 Å². The molecule has 36 heavy (non-hydrogen) atoms. The summed E-state index contributed by atoms with van der Waals surface area (Å²) in [6, 6.07) is 12.2. The van der Waals surface area contributed by atoms with Gasteiger partial charge in [-0.3, -0.25) is 14.5 Å². The number of nitrogens with zero attached hydrogens (tertiary/aromatic N) is 2. The zero-order valence-corrected chi connectivity index (χ0v) is 21.4. The summed E-state index contributed by atoms with van der Waals surface area (Å²) in [6.45, 7) is 5.75. The Labute approximate surface area is 216 Å². The van der Waals surface area contributed by atoms with E-state index in [9.17, 15) is 19.5 Å². The van der Waals surface area contributed by atoms with Crippen LogP contribution in [-0.2, 0) is 14.3 Å². The molecule has 4 rings (SSSR count). The van der Waals surface area contributed by atoms with Crippen LogP contribution in [0.2, 0.25) is 5.02 Å². The second-order valence-electron chi connectivity index (χ2n) is 7.81. The highest BCUT2D eigenvalue weighted by atomic mass is 35.5. The lowest BCUT2D eigenvalue weighted by molar-refractivity contribution is -0.132. The Bertz CT molecular complexity index is 1370. The van der Waals surface area contributed by atoms with E-state index >= 15 is 0 Å². The maximum Gasteiger partial charge on any atom is 0.350 e. The number of thiazole rings is 1. The van der Waals surface area contributed by atoms with Crippen molar-refractivity contribution < 1.29 is 29.0 Å². The van der Waals surface area contributed by atoms with Crippen molar-refractivity contribution in [1.29, 1.82) is 0 Å². The fourth-order valence-corrected chi connectivity index (χ4v) is 5.03. The Morgan fingerprint density at radius 3 is 2.53 bits per heavy atom. The molecule has 2 aromatic carbocycles. The van der Waals surface area contributed by atoms with E-state index in [4.69, 9.17) is 21.1 Å². The highest BCUT2D eigenvalue weighted by molar-refractivity contribution is 7.17. The first kappa shape index (κ1) is 25.4. The molecule has 1 N–H and O–H groups in total. The van der Waals surface area contributed by atoms with E-state index in [0.29, 0.717) is 34.2 Å². The minimum absolute atomic E-state index is 0.110. The number of ether oxygens (including phenoxy) is 2. The summed E-state index contributed by atoms with van der Waals surface area (Å²) in [5.74, 6) is -2.16. The van der Waals surface area contributed by atoms with E-state index in [1.807, 2.05) is 6.92 Å². The number of hydrogen-bond acceptors (Lipinski definition) is 8. The number of benzene rings is 2. The van der Waals surface area contributed by atoms with Gasteiger partial charge in [0, 0.05) is 10.6 Å². The highest BCUT2D eigenvalue weighted by Gasteiger charge is 2.48. The van der Waals surface area contributed by atoms with Gasteiger partial charge in [0.15, 0.2) is 5.13 Å². The number of hydrogen-bond donors (Lipinski definition) is 1. The molecular weight excluding hydrogens is 504 g/mol. The van der Waals surface area contributed by atoms with E-state index in [-0.39, 0.29) is 27.9 Å². The zero-order valence-electron chi connectivity index (χ0n) is 19.8. The van der Waals surface area contributed by atoms with Gasteiger partial charge < -0.3 is 14.6 Å². The number of carbonyl (C=O) groups is 3. The van der Waals surface area contributed by atoms with E-state index in [1.54, 1.807) is 62.4 Å². The van der Waals surface area contributed by atoms with Crippen molar-refractivity contribution in [3.63, 3.8) is 0 Å². The Kier molecular flexibility index (Phi) is 7.42. The molecule has 186 valence electrons. The molecule has 1 fully saturated rings. The third-order valence-electron chi connectivity index (χ3n) is 5.50. The molecule has 1 aromatic heterocycles. The van der Waals surface area contributed by atoms with E-state index in [1.165, 1.54) is 4.90 Å². The van der Waals surface area contributed by atoms with E-state index < -0.39 is 23.7 Å². The number of aryl methyl sites for hydroxylation is 1. The summed E-state index contributed by atoms with van der Waals surface area (Å²) in [5, 5.41) is 11.9. The molecule has 1 atom stereocenters. The summed E-state index contributed by atoms with van der Waals surface area (Å²) < 4.78 is 10.6. The van der Waals surface area contributed by atoms with Crippen LogP contribution in [0.4, 0.5) is 5.13 Å². The first-order valence-electron chi connectivity index (χ1n) is 11.2. The van der Waals surface area contributed by atoms with Crippen LogP contribution in [0.1, 0.15) is 46.4 Å². The van der Waals surface area contributed by atoms with Crippen LogP contribution in [0.15, 0.2) is 54.1 Å². The largest absolute Gasteiger partial charge is 0.507 e. The number of esters is 1. The lowest BCUT2D eigenvalue weighted by Gasteiger charge is -2.23. The van der Waals surface area contributed by atoms with Crippen LogP contribution >= 0.6 is 22.9 Å². The maximum atomic E-state index is 13.3. The lowest BCUT2D eigenvalue weighted by Crippen LogP contribution is -2.29. The molecule has 0 spiro atoms. The zero-order chi connectivity index (χ0) is 26.0. The number of aliphatic hydroxyl groups excluding tert-OH is 1. The number of amides is 1. The van der Waals surface area contributed by atoms with Crippen molar-refractivity contribution in [2.45, 2.75) is 26.8 Å². The van der Waals surface area contributed by atoms with Gasteiger partial charge in [-0.1, -0.05) is 47.2 Å². The monoisotopic (exact) mass is 526 g/mol. The average Bonchev–Trinajstić information content (AvgIpc) is 3.36. The molecule has 1 aliphatic rings.